The second-order valence-electron chi connectivity index (χ2n) is 7.95. The fourth-order valence-electron chi connectivity index (χ4n) is 3.73. The second kappa shape index (κ2) is 12.7. The van der Waals surface area contributed by atoms with Crippen molar-refractivity contribution in [3.63, 3.8) is 0 Å². The first-order valence-electron chi connectivity index (χ1n) is 10.4. The third kappa shape index (κ3) is 10.2. The molecule has 1 aliphatic carbocycles. The third-order valence-corrected chi connectivity index (χ3v) is 5.47. The molecule has 0 bridgehead atoms. The van der Waals surface area contributed by atoms with E-state index in [2.05, 4.69) is 38.2 Å². The molecule has 0 heterocycles. The van der Waals surface area contributed by atoms with Crippen LogP contribution in [-0.2, 0) is 0 Å². The number of hydrogen-bond donors (Lipinski definition) is 3. The summed E-state index contributed by atoms with van der Waals surface area (Å²) in [6.07, 6.45) is 21.5. The Labute approximate surface area is 154 Å². The minimum Gasteiger partial charge on any atom is -0.391 e. The summed E-state index contributed by atoms with van der Waals surface area (Å²) in [7, 11) is 0. The minimum absolute atomic E-state index is 0.221. The lowest BCUT2D eigenvalue weighted by atomic mass is 9.90. The molecule has 3 heteroatoms. The number of allylic oxidation sites excluding steroid dienone is 4. The Morgan fingerprint density at radius 3 is 2.64 bits per heavy atom. The maximum absolute atomic E-state index is 9.33. The Hall–Kier alpha value is -0.640. The van der Waals surface area contributed by atoms with Gasteiger partial charge in [0.05, 0.1) is 6.61 Å². The highest BCUT2D eigenvalue weighted by molar-refractivity contribution is 4.99. The monoisotopic (exact) mass is 352 g/mol. The van der Waals surface area contributed by atoms with Crippen LogP contribution < -0.4 is 0 Å². The molecule has 0 amide bonds. The van der Waals surface area contributed by atoms with Crippen LogP contribution in [0, 0.1) is 17.8 Å². The highest BCUT2D eigenvalue weighted by atomic mass is 16.5. The van der Waals surface area contributed by atoms with Crippen molar-refractivity contribution in [1.29, 1.82) is 0 Å². The van der Waals surface area contributed by atoms with Gasteiger partial charge in [0.1, 0.15) is 0 Å². The average Bonchev–Trinajstić information content (AvgIpc) is 3.03. The molecule has 3 N–H and O–H groups in total. The van der Waals surface area contributed by atoms with E-state index in [1.165, 1.54) is 44.9 Å². The molecule has 3 atom stereocenters. The van der Waals surface area contributed by atoms with Gasteiger partial charge in [0, 0.05) is 6.42 Å². The molecule has 1 saturated carbocycles. The van der Waals surface area contributed by atoms with Crippen LogP contribution in [0.1, 0.15) is 84.5 Å². The zero-order valence-electron chi connectivity index (χ0n) is 16.4. The zero-order chi connectivity index (χ0) is 18.5. The van der Waals surface area contributed by atoms with Crippen LogP contribution in [0.15, 0.2) is 24.3 Å². The molecule has 3 nitrogen and oxygen atoms in total. The normalized spacial score (nSPS) is 23.1. The lowest BCUT2D eigenvalue weighted by Crippen LogP contribution is -2.32. The molecule has 146 valence electrons. The molecule has 1 aliphatic rings. The van der Waals surface area contributed by atoms with Crippen LogP contribution >= 0.6 is 0 Å². The van der Waals surface area contributed by atoms with Crippen molar-refractivity contribution in [2.75, 3.05) is 6.61 Å². The van der Waals surface area contributed by atoms with Gasteiger partial charge in [0.2, 0.25) is 0 Å². The van der Waals surface area contributed by atoms with Gasteiger partial charge in [-0.3, -0.25) is 0 Å². The van der Waals surface area contributed by atoms with Crippen LogP contribution in [0.25, 0.3) is 0 Å². The largest absolute Gasteiger partial charge is 0.391 e. The fraction of sp³-hybridized carbons (Fsp3) is 0.818. The summed E-state index contributed by atoms with van der Waals surface area (Å²) in [6, 6.07) is 0. The minimum atomic E-state index is -1.91. The van der Waals surface area contributed by atoms with Crippen molar-refractivity contribution in [3.8, 4) is 0 Å². The molecular formula is C22H40O3. The van der Waals surface area contributed by atoms with E-state index in [4.69, 9.17) is 5.11 Å². The predicted octanol–water partition coefficient (Wildman–Crippen LogP) is 4.97. The standard InChI is InChI=1S/C22H40O3/c1-3-4-7-11-19(2)15-16-21-14-10-13-20(21)12-8-5-6-9-17-22(24,25)18-23/h5,8,15-16,19-21,23-25H,3-4,6-7,9-14,17-18H2,1-2H3/b8-5-,16-15+/t19-,20+,21-/m1/s1. The predicted molar refractivity (Wildman–Crippen MR) is 105 cm³/mol. The van der Waals surface area contributed by atoms with Crippen LogP contribution in [0.5, 0.6) is 0 Å². The van der Waals surface area contributed by atoms with Gasteiger partial charge in [-0.25, -0.2) is 0 Å². The van der Waals surface area contributed by atoms with Gasteiger partial charge in [0.25, 0.3) is 0 Å². The molecule has 0 aliphatic heterocycles. The van der Waals surface area contributed by atoms with Gasteiger partial charge in [0.15, 0.2) is 5.79 Å². The van der Waals surface area contributed by atoms with Crippen molar-refractivity contribution >= 4 is 0 Å². The van der Waals surface area contributed by atoms with Crippen LogP contribution in [0.3, 0.4) is 0 Å². The first-order chi connectivity index (χ1) is 12.0. The SMILES string of the molecule is CCCCC[C@@H](C)/C=C/[C@H]1CCC[C@@H]1C/C=C\CCCC(O)(O)CO. The van der Waals surface area contributed by atoms with E-state index in [0.29, 0.717) is 12.3 Å². The number of hydrogen-bond acceptors (Lipinski definition) is 3. The van der Waals surface area contributed by atoms with E-state index >= 15 is 0 Å². The topological polar surface area (TPSA) is 60.7 Å². The summed E-state index contributed by atoms with van der Waals surface area (Å²) < 4.78 is 0. The van der Waals surface area contributed by atoms with E-state index < -0.39 is 12.4 Å². The summed E-state index contributed by atoms with van der Waals surface area (Å²) >= 11 is 0. The fourth-order valence-corrected chi connectivity index (χ4v) is 3.73. The first-order valence-corrected chi connectivity index (χ1v) is 10.4. The Balaban J connectivity index is 2.25. The molecule has 1 rings (SSSR count). The van der Waals surface area contributed by atoms with Gasteiger partial charge in [-0.15, -0.1) is 0 Å². The summed E-state index contributed by atoms with van der Waals surface area (Å²) in [5, 5.41) is 27.5. The van der Waals surface area contributed by atoms with Gasteiger partial charge in [-0.1, -0.05) is 63.8 Å². The quantitative estimate of drug-likeness (QED) is 0.249. The first kappa shape index (κ1) is 22.4. The lowest BCUT2D eigenvalue weighted by molar-refractivity contribution is -0.191. The summed E-state index contributed by atoms with van der Waals surface area (Å²) in [5.41, 5.74) is 0. The molecular weight excluding hydrogens is 312 g/mol. The molecule has 0 aromatic carbocycles. The third-order valence-electron chi connectivity index (χ3n) is 5.47. The van der Waals surface area contributed by atoms with Crippen LogP contribution in [-0.4, -0.2) is 27.7 Å². The average molecular weight is 353 g/mol. The highest BCUT2D eigenvalue weighted by Gasteiger charge is 2.24. The molecule has 25 heavy (non-hydrogen) atoms. The number of rotatable bonds is 13. The van der Waals surface area contributed by atoms with E-state index in [-0.39, 0.29) is 6.42 Å². The van der Waals surface area contributed by atoms with Gasteiger partial charge in [-0.2, -0.15) is 0 Å². The van der Waals surface area contributed by atoms with Crippen LogP contribution in [0.2, 0.25) is 0 Å². The van der Waals surface area contributed by atoms with Gasteiger partial charge >= 0.3 is 0 Å². The lowest BCUT2D eigenvalue weighted by Gasteiger charge is -2.17. The Morgan fingerprint density at radius 2 is 1.92 bits per heavy atom. The van der Waals surface area contributed by atoms with Crippen molar-refractivity contribution in [2.24, 2.45) is 17.8 Å². The molecule has 1 fully saturated rings. The highest BCUT2D eigenvalue weighted by Crippen LogP contribution is 2.35. The van der Waals surface area contributed by atoms with Crippen LogP contribution in [0.4, 0.5) is 0 Å². The van der Waals surface area contributed by atoms with E-state index in [0.717, 1.165) is 24.7 Å². The Morgan fingerprint density at radius 1 is 1.12 bits per heavy atom. The Bertz CT molecular complexity index is 387. The van der Waals surface area contributed by atoms with E-state index in [9.17, 15) is 10.2 Å². The second-order valence-corrected chi connectivity index (χ2v) is 7.95. The maximum Gasteiger partial charge on any atom is 0.186 e. The summed E-state index contributed by atoms with van der Waals surface area (Å²) in [4.78, 5) is 0. The number of aliphatic hydroxyl groups excluding tert-OH is 1. The molecule has 0 unspecified atom stereocenters. The molecule has 0 radical (unpaired) electrons. The van der Waals surface area contributed by atoms with Gasteiger partial charge < -0.3 is 15.3 Å². The molecule has 0 aromatic rings. The van der Waals surface area contributed by atoms with Crippen molar-refractivity contribution in [1.82, 2.24) is 0 Å². The molecule has 0 saturated heterocycles. The maximum atomic E-state index is 9.33. The van der Waals surface area contributed by atoms with Crippen molar-refractivity contribution < 1.29 is 15.3 Å². The summed E-state index contributed by atoms with van der Waals surface area (Å²) in [6.45, 7) is 4.00. The number of unbranched alkanes of at least 4 members (excludes halogenated alkanes) is 3. The van der Waals surface area contributed by atoms with E-state index in [1.807, 2.05) is 0 Å². The van der Waals surface area contributed by atoms with Crippen molar-refractivity contribution in [2.45, 2.75) is 90.3 Å². The molecule has 0 spiro atoms. The van der Waals surface area contributed by atoms with E-state index in [1.54, 1.807) is 0 Å². The Kier molecular flexibility index (Phi) is 11.4. The zero-order valence-corrected chi connectivity index (χ0v) is 16.4. The van der Waals surface area contributed by atoms with Gasteiger partial charge in [-0.05, 0) is 56.3 Å². The summed E-state index contributed by atoms with van der Waals surface area (Å²) in [5.74, 6) is 0.285. The smallest absolute Gasteiger partial charge is 0.186 e. The van der Waals surface area contributed by atoms with Crippen molar-refractivity contribution in [3.05, 3.63) is 24.3 Å². The molecule has 0 aromatic heterocycles. The number of aliphatic hydroxyl groups is 3.